The molecule has 2 amide bonds. The van der Waals surface area contributed by atoms with Gasteiger partial charge in [0.2, 0.25) is 0 Å². The first-order chi connectivity index (χ1) is 14.5. The van der Waals surface area contributed by atoms with Crippen LogP contribution in [0.4, 0.5) is 10.5 Å². The maximum atomic E-state index is 13.1. The number of rotatable bonds is 7. The number of nitrogens with one attached hydrogen (secondary N) is 1. The summed E-state index contributed by atoms with van der Waals surface area (Å²) in [5, 5.41) is 4.05. The molecule has 3 aromatic rings. The highest BCUT2D eigenvalue weighted by Gasteiger charge is 2.25. The summed E-state index contributed by atoms with van der Waals surface area (Å²) in [6.07, 6.45) is 1.57. The van der Waals surface area contributed by atoms with Gasteiger partial charge in [-0.15, -0.1) is 0 Å². The van der Waals surface area contributed by atoms with Gasteiger partial charge in [0.15, 0.2) is 0 Å². The Morgan fingerprint density at radius 3 is 2.63 bits per heavy atom. The van der Waals surface area contributed by atoms with Crippen LogP contribution in [0.2, 0.25) is 5.02 Å². The summed E-state index contributed by atoms with van der Waals surface area (Å²) < 4.78 is 1.70. The van der Waals surface area contributed by atoms with Crippen LogP contribution in [0.15, 0.2) is 53.3 Å². The molecule has 158 valence electrons. The molecule has 0 aliphatic rings. The van der Waals surface area contributed by atoms with Crippen LogP contribution in [0, 0.1) is 0 Å². The number of carbonyl (C=O) groups excluding carboxylic acids is 1. The number of halogens is 1. The minimum absolute atomic E-state index is 0.0732. The first-order valence-electron chi connectivity index (χ1n) is 10.3. The second kappa shape index (κ2) is 9.76. The quantitative estimate of drug-likeness (QED) is 0.545. The van der Waals surface area contributed by atoms with Crippen molar-refractivity contribution in [2.24, 2.45) is 0 Å². The predicted molar refractivity (Wildman–Crippen MR) is 122 cm³/mol. The van der Waals surface area contributed by atoms with Crippen LogP contribution in [0.5, 0.6) is 0 Å². The number of carbonyl (C=O) groups is 1. The zero-order valence-corrected chi connectivity index (χ0v) is 18.3. The van der Waals surface area contributed by atoms with Gasteiger partial charge in [0, 0.05) is 23.8 Å². The van der Waals surface area contributed by atoms with E-state index in [1.165, 1.54) is 0 Å². The van der Waals surface area contributed by atoms with Crippen molar-refractivity contribution in [1.82, 2.24) is 14.5 Å². The maximum absolute atomic E-state index is 13.1. The van der Waals surface area contributed by atoms with Crippen molar-refractivity contribution < 1.29 is 4.79 Å². The summed E-state index contributed by atoms with van der Waals surface area (Å²) in [6.45, 7) is 7.02. The van der Waals surface area contributed by atoms with E-state index in [0.29, 0.717) is 40.5 Å². The van der Waals surface area contributed by atoms with E-state index >= 15 is 0 Å². The fourth-order valence-electron chi connectivity index (χ4n) is 3.56. The highest BCUT2D eigenvalue weighted by Crippen LogP contribution is 2.23. The third kappa shape index (κ3) is 4.65. The molecule has 2 aromatic carbocycles. The number of fused-ring (bicyclic) bond motifs is 1. The highest BCUT2D eigenvalue weighted by molar-refractivity contribution is 6.30. The Labute approximate surface area is 181 Å². The fraction of sp³-hybridized carbons (Fsp3) is 0.348. The lowest BCUT2D eigenvalue weighted by molar-refractivity contribution is 0.188. The van der Waals surface area contributed by atoms with Crippen LogP contribution >= 0.6 is 11.6 Å². The molecular weight excluding hydrogens is 400 g/mol. The number of para-hydroxylation sites is 1. The van der Waals surface area contributed by atoms with Crippen molar-refractivity contribution in [2.45, 2.75) is 46.2 Å². The molecule has 1 unspecified atom stereocenters. The number of hydrogen-bond donors (Lipinski definition) is 1. The van der Waals surface area contributed by atoms with Crippen LogP contribution in [-0.2, 0) is 6.54 Å². The van der Waals surface area contributed by atoms with Gasteiger partial charge in [-0.3, -0.25) is 9.36 Å². The molecule has 6 nitrogen and oxygen atoms in total. The summed E-state index contributed by atoms with van der Waals surface area (Å²) in [5.74, 6) is 0.593. The number of anilines is 1. The van der Waals surface area contributed by atoms with E-state index in [4.69, 9.17) is 16.6 Å². The minimum atomic E-state index is -0.381. The summed E-state index contributed by atoms with van der Waals surface area (Å²) in [7, 11) is 0. The molecule has 3 rings (SSSR count). The fourth-order valence-corrected chi connectivity index (χ4v) is 3.75. The maximum Gasteiger partial charge on any atom is 0.322 e. The average Bonchev–Trinajstić information content (AvgIpc) is 2.73. The molecule has 0 aliphatic carbocycles. The summed E-state index contributed by atoms with van der Waals surface area (Å²) in [4.78, 5) is 32.7. The van der Waals surface area contributed by atoms with Crippen LogP contribution in [0.3, 0.4) is 0 Å². The molecule has 0 saturated heterocycles. The second-order valence-corrected chi connectivity index (χ2v) is 7.69. The van der Waals surface area contributed by atoms with E-state index in [-0.39, 0.29) is 17.6 Å². The molecule has 0 aliphatic heterocycles. The van der Waals surface area contributed by atoms with Crippen molar-refractivity contribution in [3.05, 3.63) is 69.7 Å². The first kappa shape index (κ1) is 21.8. The summed E-state index contributed by atoms with van der Waals surface area (Å²) in [6, 6.07) is 13.7. The molecule has 1 atom stereocenters. The van der Waals surface area contributed by atoms with Crippen molar-refractivity contribution in [1.29, 1.82) is 0 Å². The van der Waals surface area contributed by atoms with E-state index in [1.54, 1.807) is 39.8 Å². The smallest absolute Gasteiger partial charge is 0.315 e. The van der Waals surface area contributed by atoms with Gasteiger partial charge in [-0.25, -0.2) is 9.78 Å². The monoisotopic (exact) mass is 426 g/mol. The number of amides is 2. The SMILES string of the molecule is CCCN(C(=O)Nc1cccc(Cl)c1)C(C)c1nc2ccccc2c(=O)n1CCC. The van der Waals surface area contributed by atoms with Gasteiger partial charge in [0.25, 0.3) is 5.56 Å². The molecule has 1 aromatic heterocycles. The van der Waals surface area contributed by atoms with E-state index in [1.807, 2.05) is 39.0 Å². The Hall–Kier alpha value is -2.86. The van der Waals surface area contributed by atoms with Gasteiger partial charge in [-0.05, 0) is 50.1 Å². The number of nitrogens with zero attached hydrogens (tertiary/aromatic N) is 3. The van der Waals surface area contributed by atoms with E-state index in [2.05, 4.69) is 5.32 Å². The van der Waals surface area contributed by atoms with E-state index in [0.717, 1.165) is 12.8 Å². The molecule has 0 bridgehead atoms. The lowest BCUT2D eigenvalue weighted by Gasteiger charge is -2.30. The standard InChI is InChI=1S/C23H27ClN4O2/c1-4-13-27(23(30)25-18-10-8-9-17(24)15-18)16(3)21-26-20-12-7-6-11-19(20)22(29)28(21)14-5-2/h6-12,15-16H,4-5,13-14H2,1-3H3,(H,25,30). The van der Waals surface area contributed by atoms with Crippen LogP contribution in [-0.4, -0.2) is 27.0 Å². The van der Waals surface area contributed by atoms with E-state index in [9.17, 15) is 9.59 Å². The average molecular weight is 427 g/mol. The summed E-state index contributed by atoms with van der Waals surface area (Å²) in [5.41, 5.74) is 1.19. The molecule has 1 N–H and O–H groups in total. The normalized spacial score (nSPS) is 12.0. The second-order valence-electron chi connectivity index (χ2n) is 7.25. The lowest BCUT2D eigenvalue weighted by Crippen LogP contribution is -2.40. The third-order valence-electron chi connectivity index (χ3n) is 4.98. The van der Waals surface area contributed by atoms with Crippen molar-refractivity contribution >= 4 is 34.2 Å². The minimum Gasteiger partial charge on any atom is -0.315 e. The first-order valence-corrected chi connectivity index (χ1v) is 10.7. The Kier molecular flexibility index (Phi) is 7.11. The number of benzene rings is 2. The zero-order valence-electron chi connectivity index (χ0n) is 17.6. The van der Waals surface area contributed by atoms with Gasteiger partial charge in [-0.1, -0.05) is 43.6 Å². The zero-order chi connectivity index (χ0) is 21.7. The van der Waals surface area contributed by atoms with Gasteiger partial charge in [0.1, 0.15) is 5.82 Å². The van der Waals surface area contributed by atoms with Crippen LogP contribution in [0.25, 0.3) is 10.9 Å². The molecule has 0 saturated carbocycles. The van der Waals surface area contributed by atoms with Crippen molar-refractivity contribution in [2.75, 3.05) is 11.9 Å². The Morgan fingerprint density at radius 2 is 1.93 bits per heavy atom. The van der Waals surface area contributed by atoms with Crippen molar-refractivity contribution in [3.8, 4) is 0 Å². The molecule has 30 heavy (non-hydrogen) atoms. The Bertz CT molecular complexity index is 1100. The molecule has 1 heterocycles. The Morgan fingerprint density at radius 1 is 1.17 bits per heavy atom. The molecular formula is C23H27ClN4O2. The molecule has 0 spiro atoms. The van der Waals surface area contributed by atoms with Gasteiger partial charge in [0.05, 0.1) is 16.9 Å². The van der Waals surface area contributed by atoms with Crippen molar-refractivity contribution in [3.63, 3.8) is 0 Å². The molecule has 0 radical (unpaired) electrons. The van der Waals surface area contributed by atoms with Crippen LogP contribution in [0.1, 0.15) is 45.5 Å². The van der Waals surface area contributed by atoms with Gasteiger partial charge >= 0.3 is 6.03 Å². The van der Waals surface area contributed by atoms with Gasteiger partial charge in [-0.2, -0.15) is 0 Å². The number of urea groups is 1. The largest absolute Gasteiger partial charge is 0.322 e. The van der Waals surface area contributed by atoms with Gasteiger partial charge < -0.3 is 10.2 Å². The number of aromatic nitrogens is 2. The lowest BCUT2D eigenvalue weighted by atomic mass is 10.2. The summed E-state index contributed by atoms with van der Waals surface area (Å²) >= 11 is 6.04. The highest BCUT2D eigenvalue weighted by atomic mass is 35.5. The molecule has 0 fully saturated rings. The molecule has 7 heteroatoms. The van der Waals surface area contributed by atoms with E-state index < -0.39 is 0 Å². The Balaban J connectivity index is 2.01. The number of hydrogen-bond acceptors (Lipinski definition) is 3. The van der Waals surface area contributed by atoms with Crippen LogP contribution < -0.4 is 10.9 Å². The topological polar surface area (TPSA) is 67.2 Å². The predicted octanol–water partition coefficient (Wildman–Crippen LogP) is 5.47. The third-order valence-corrected chi connectivity index (χ3v) is 5.22.